The Hall–Kier alpha value is -3.09. The fourth-order valence-corrected chi connectivity index (χ4v) is 1.57. The van der Waals surface area contributed by atoms with Crippen LogP contribution < -0.4 is 15.8 Å². The molecular weight excluding hydrogens is 274 g/mol. The molecule has 0 aliphatic carbocycles. The Balaban J connectivity index is 2.07. The van der Waals surface area contributed by atoms with Gasteiger partial charge in [0, 0.05) is 18.0 Å². The van der Waals surface area contributed by atoms with E-state index in [-0.39, 0.29) is 17.9 Å². The molecule has 2 amide bonds. The van der Waals surface area contributed by atoms with Crippen LogP contribution >= 0.6 is 0 Å². The molecule has 0 aliphatic rings. The monoisotopic (exact) mass is 287 g/mol. The Morgan fingerprint density at radius 1 is 1.29 bits per heavy atom. The summed E-state index contributed by atoms with van der Waals surface area (Å²) in [5, 5.41) is 11.9. The van der Waals surface area contributed by atoms with Crippen LogP contribution in [0.15, 0.2) is 42.7 Å². The summed E-state index contributed by atoms with van der Waals surface area (Å²) in [4.78, 5) is 26.3. The van der Waals surface area contributed by atoms with Crippen molar-refractivity contribution in [3.63, 3.8) is 0 Å². The fourth-order valence-electron chi connectivity index (χ4n) is 1.57. The average Bonchev–Trinajstić information content (AvgIpc) is 2.45. The molecule has 1 heterocycles. The quantitative estimate of drug-likeness (QED) is 0.756. The van der Waals surface area contributed by atoms with Gasteiger partial charge in [-0.2, -0.15) is 0 Å². The van der Waals surface area contributed by atoms with Crippen LogP contribution in [0, 0.1) is 0 Å². The predicted octanol–water partition coefficient (Wildman–Crippen LogP) is 0.904. The number of primary amides is 1. The van der Waals surface area contributed by atoms with Gasteiger partial charge in [0.15, 0.2) is 6.61 Å². The van der Waals surface area contributed by atoms with Crippen molar-refractivity contribution in [1.82, 2.24) is 4.98 Å². The van der Waals surface area contributed by atoms with Gasteiger partial charge < -0.3 is 20.9 Å². The van der Waals surface area contributed by atoms with E-state index in [0.717, 1.165) is 0 Å². The molecule has 1 aromatic heterocycles. The van der Waals surface area contributed by atoms with Crippen LogP contribution in [0.5, 0.6) is 11.5 Å². The maximum absolute atomic E-state index is 12.0. The average molecular weight is 287 g/mol. The SMILES string of the molecule is NC(=O)COc1cccc(NC(=O)c2cncc(O)c2)c1. The smallest absolute Gasteiger partial charge is 0.257 e. The third-order valence-electron chi connectivity index (χ3n) is 2.46. The Labute approximate surface area is 120 Å². The van der Waals surface area contributed by atoms with Crippen molar-refractivity contribution in [1.29, 1.82) is 0 Å². The van der Waals surface area contributed by atoms with Gasteiger partial charge in [-0.15, -0.1) is 0 Å². The second-order valence-corrected chi connectivity index (χ2v) is 4.17. The molecule has 4 N–H and O–H groups in total. The zero-order valence-electron chi connectivity index (χ0n) is 10.9. The molecular formula is C14H13N3O4. The second-order valence-electron chi connectivity index (χ2n) is 4.17. The minimum Gasteiger partial charge on any atom is -0.506 e. The van der Waals surface area contributed by atoms with Gasteiger partial charge >= 0.3 is 0 Å². The summed E-state index contributed by atoms with van der Waals surface area (Å²) in [6, 6.07) is 7.80. The number of nitrogens with two attached hydrogens (primary N) is 1. The van der Waals surface area contributed by atoms with Gasteiger partial charge in [0.2, 0.25) is 0 Å². The number of benzene rings is 1. The van der Waals surface area contributed by atoms with E-state index in [1.807, 2.05) is 0 Å². The van der Waals surface area contributed by atoms with Gasteiger partial charge in [-0.05, 0) is 18.2 Å². The number of aromatic nitrogens is 1. The van der Waals surface area contributed by atoms with E-state index in [4.69, 9.17) is 10.5 Å². The number of hydrogen-bond acceptors (Lipinski definition) is 5. The molecule has 1 aromatic carbocycles. The summed E-state index contributed by atoms with van der Waals surface area (Å²) >= 11 is 0. The lowest BCUT2D eigenvalue weighted by Crippen LogP contribution is -2.20. The minimum atomic E-state index is -0.588. The third kappa shape index (κ3) is 4.20. The molecule has 2 rings (SSSR count). The lowest BCUT2D eigenvalue weighted by Gasteiger charge is -2.08. The first-order chi connectivity index (χ1) is 10.0. The normalized spacial score (nSPS) is 9.90. The molecule has 108 valence electrons. The molecule has 0 bridgehead atoms. The number of nitrogens with one attached hydrogen (secondary N) is 1. The summed E-state index contributed by atoms with van der Waals surface area (Å²) in [5.41, 5.74) is 5.68. The zero-order valence-corrected chi connectivity index (χ0v) is 10.9. The van der Waals surface area contributed by atoms with E-state index in [2.05, 4.69) is 10.3 Å². The molecule has 0 radical (unpaired) electrons. The molecule has 0 saturated carbocycles. The topological polar surface area (TPSA) is 115 Å². The van der Waals surface area contributed by atoms with Crippen molar-refractivity contribution in [3.05, 3.63) is 48.3 Å². The maximum Gasteiger partial charge on any atom is 0.257 e. The molecule has 0 unspecified atom stereocenters. The van der Waals surface area contributed by atoms with Crippen molar-refractivity contribution in [2.45, 2.75) is 0 Å². The summed E-state index contributed by atoms with van der Waals surface area (Å²) < 4.78 is 5.14. The minimum absolute atomic E-state index is 0.0961. The number of nitrogens with zero attached hydrogens (tertiary/aromatic N) is 1. The molecule has 0 fully saturated rings. The number of carbonyl (C=O) groups excluding carboxylic acids is 2. The molecule has 7 nitrogen and oxygen atoms in total. The lowest BCUT2D eigenvalue weighted by atomic mass is 10.2. The maximum atomic E-state index is 12.0. The van der Waals surface area contributed by atoms with Gasteiger partial charge in [0.25, 0.3) is 11.8 Å². The number of anilines is 1. The van der Waals surface area contributed by atoms with Crippen molar-refractivity contribution in [2.75, 3.05) is 11.9 Å². The van der Waals surface area contributed by atoms with Gasteiger partial charge in [-0.25, -0.2) is 0 Å². The Kier molecular flexibility index (Phi) is 4.35. The standard InChI is InChI=1S/C14H13N3O4/c15-13(19)8-21-12-3-1-2-10(5-12)17-14(20)9-4-11(18)7-16-6-9/h1-7,18H,8H2,(H2,15,19)(H,17,20). The van der Waals surface area contributed by atoms with E-state index < -0.39 is 11.8 Å². The first-order valence-corrected chi connectivity index (χ1v) is 6.01. The van der Waals surface area contributed by atoms with Crippen molar-refractivity contribution < 1.29 is 19.4 Å². The Morgan fingerprint density at radius 2 is 2.10 bits per heavy atom. The van der Waals surface area contributed by atoms with Crippen LogP contribution in [0.3, 0.4) is 0 Å². The first kappa shape index (κ1) is 14.3. The Bertz CT molecular complexity index is 673. The molecule has 7 heteroatoms. The zero-order chi connectivity index (χ0) is 15.2. The van der Waals surface area contributed by atoms with Crippen molar-refractivity contribution in [2.24, 2.45) is 5.73 Å². The molecule has 0 atom stereocenters. The molecule has 2 aromatic rings. The number of pyridine rings is 1. The lowest BCUT2D eigenvalue weighted by molar-refractivity contribution is -0.119. The van der Waals surface area contributed by atoms with Gasteiger partial charge in [0.05, 0.1) is 11.8 Å². The summed E-state index contributed by atoms with van der Waals surface area (Å²) in [7, 11) is 0. The largest absolute Gasteiger partial charge is 0.506 e. The third-order valence-corrected chi connectivity index (χ3v) is 2.46. The van der Waals surface area contributed by atoms with E-state index >= 15 is 0 Å². The van der Waals surface area contributed by atoms with Crippen LogP contribution in [0.2, 0.25) is 0 Å². The highest BCUT2D eigenvalue weighted by atomic mass is 16.5. The summed E-state index contributed by atoms with van der Waals surface area (Å²) in [5.74, 6) is -0.706. The van der Waals surface area contributed by atoms with Crippen LogP contribution in [-0.4, -0.2) is 28.5 Å². The number of hydrogen-bond donors (Lipinski definition) is 3. The highest BCUT2D eigenvalue weighted by Gasteiger charge is 2.08. The first-order valence-electron chi connectivity index (χ1n) is 6.01. The van der Waals surface area contributed by atoms with E-state index in [0.29, 0.717) is 11.4 Å². The van der Waals surface area contributed by atoms with E-state index in [1.54, 1.807) is 24.3 Å². The highest BCUT2D eigenvalue weighted by molar-refractivity contribution is 6.04. The van der Waals surface area contributed by atoms with E-state index in [9.17, 15) is 14.7 Å². The molecule has 0 aliphatic heterocycles. The van der Waals surface area contributed by atoms with Crippen LogP contribution in [0.1, 0.15) is 10.4 Å². The van der Waals surface area contributed by atoms with Crippen molar-refractivity contribution >= 4 is 17.5 Å². The van der Waals surface area contributed by atoms with Gasteiger partial charge in [0.1, 0.15) is 11.5 Å². The van der Waals surface area contributed by atoms with E-state index in [1.165, 1.54) is 18.5 Å². The van der Waals surface area contributed by atoms with Crippen molar-refractivity contribution in [3.8, 4) is 11.5 Å². The number of rotatable bonds is 5. The van der Waals surface area contributed by atoms with Crippen LogP contribution in [-0.2, 0) is 4.79 Å². The van der Waals surface area contributed by atoms with Gasteiger partial charge in [-0.1, -0.05) is 6.07 Å². The van der Waals surface area contributed by atoms with Gasteiger partial charge in [-0.3, -0.25) is 14.6 Å². The molecule has 21 heavy (non-hydrogen) atoms. The predicted molar refractivity (Wildman–Crippen MR) is 75.0 cm³/mol. The number of aromatic hydroxyl groups is 1. The second kappa shape index (κ2) is 6.38. The fraction of sp³-hybridized carbons (Fsp3) is 0.0714. The van der Waals surface area contributed by atoms with Crippen LogP contribution in [0.25, 0.3) is 0 Å². The number of ether oxygens (including phenoxy) is 1. The Morgan fingerprint density at radius 3 is 2.81 bits per heavy atom. The molecule has 0 saturated heterocycles. The summed E-state index contributed by atoms with van der Waals surface area (Å²) in [6.45, 7) is -0.242. The highest BCUT2D eigenvalue weighted by Crippen LogP contribution is 2.18. The van der Waals surface area contributed by atoms with Crippen LogP contribution in [0.4, 0.5) is 5.69 Å². The number of amides is 2. The summed E-state index contributed by atoms with van der Waals surface area (Å²) in [6.07, 6.45) is 2.57. The number of carbonyl (C=O) groups is 2. The molecule has 0 spiro atoms.